The van der Waals surface area contributed by atoms with E-state index in [-0.39, 0.29) is 19.3 Å². The number of ether oxygens (including phenoxy) is 4. The first kappa shape index (κ1) is 18.9. The lowest BCUT2D eigenvalue weighted by atomic mass is 10.1. The average molecular weight is 395 g/mol. The fourth-order valence-corrected chi connectivity index (χ4v) is 3.16. The fourth-order valence-electron chi connectivity index (χ4n) is 3.16. The number of aromatic nitrogens is 1. The number of methoxy groups -OCH3 is 1. The van der Waals surface area contributed by atoms with E-state index in [4.69, 9.17) is 23.5 Å². The van der Waals surface area contributed by atoms with Gasteiger partial charge in [0, 0.05) is 18.1 Å². The van der Waals surface area contributed by atoms with Gasteiger partial charge in [-0.25, -0.2) is 4.79 Å². The molecule has 7 nitrogen and oxygen atoms in total. The number of carbonyl (C=O) groups is 1. The highest BCUT2D eigenvalue weighted by Crippen LogP contribution is 2.33. The second-order valence-corrected chi connectivity index (χ2v) is 6.74. The summed E-state index contributed by atoms with van der Waals surface area (Å²) >= 11 is 0. The van der Waals surface area contributed by atoms with Crippen molar-refractivity contribution < 1.29 is 28.3 Å². The Bertz CT molecular complexity index is 1010. The summed E-state index contributed by atoms with van der Waals surface area (Å²) in [6.45, 7) is 1.81. The summed E-state index contributed by atoms with van der Waals surface area (Å²) in [5, 5.41) is 3.97. The number of fused-ring (bicyclic) bond motifs is 1. The van der Waals surface area contributed by atoms with Crippen LogP contribution in [0.4, 0.5) is 0 Å². The van der Waals surface area contributed by atoms with Crippen molar-refractivity contribution >= 4 is 5.97 Å². The average Bonchev–Trinajstić information content (AvgIpc) is 3.35. The Morgan fingerprint density at radius 3 is 2.83 bits per heavy atom. The lowest BCUT2D eigenvalue weighted by molar-refractivity contribution is -0.147. The Morgan fingerprint density at radius 2 is 2.00 bits per heavy atom. The van der Waals surface area contributed by atoms with Crippen molar-refractivity contribution in [3.05, 3.63) is 59.8 Å². The molecule has 2 aromatic carbocycles. The van der Waals surface area contributed by atoms with Crippen LogP contribution >= 0.6 is 0 Å². The minimum atomic E-state index is -0.510. The van der Waals surface area contributed by atoms with Crippen molar-refractivity contribution in [1.82, 2.24) is 5.16 Å². The van der Waals surface area contributed by atoms with E-state index in [0.29, 0.717) is 23.0 Å². The molecule has 0 spiro atoms. The number of esters is 1. The maximum absolute atomic E-state index is 12.0. The zero-order valence-corrected chi connectivity index (χ0v) is 16.2. The fraction of sp³-hybridized carbons (Fsp3) is 0.273. The molecule has 1 atom stereocenters. The molecule has 4 rings (SSSR count). The molecular formula is C22H21NO6. The van der Waals surface area contributed by atoms with E-state index in [2.05, 4.69) is 5.16 Å². The monoisotopic (exact) mass is 395 g/mol. The molecule has 0 saturated carbocycles. The molecule has 0 N–H and O–H groups in total. The molecule has 0 aliphatic carbocycles. The number of para-hydroxylation sites is 2. The van der Waals surface area contributed by atoms with Crippen molar-refractivity contribution in [2.45, 2.75) is 26.1 Å². The summed E-state index contributed by atoms with van der Waals surface area (Å²) in [7, 11) is 1.54. The van der Waals surface area contributed by atoms with Gasteiger partial charge in [0.25, 0.3) is 0 Å². The van der Waals surface area contributed by atoms with Gasteiger partial charge in [0.1, 0.15) is 24.2 Å². The Balaban J connectivity index is 1.32. The molecule has 1 aliphatic heterocycles. The topological polar surface area (TPSA) is 80.0 Å². The summed E-state index contributed by atoms with van der Waals surface area (Å²) in [4.78, 5) is 12.0. The van der Waals surface area contributed by atoms with Gasteiger partial charge in [0.15, 0.2) is 23.9 Å². The van der Waals surface area contributed by atoms with Gasteiger partial charge in [-0.15, -0.1) is 0 Å². The van der Waals surface area contributed by atoms with Gasteiger partial charge in [0.05, 0.1) is 7.11 Å². The highest BCUT2D eigenvalue weighted by atomic mass is 16.6. The van der Waals surface area contributed by atoms with Crippen LogP contribution in [0.25, 0.3) is 11.3 Å². The number of rotatable bonds is 7. The quantitative estimate of drug-likeness (QED) is 0.563. The zero-order chi connectivity index (χ0) is 20.2. The predicted molar refractivity (Wildman–Crippen MR) is 104 cm³/mol. The minimum Gasteiger partial charge on any atom is -0.493 e. The third-order valence-electron chi connectivity index (χ3n) is 4.54. The van der Waals surface area contributed by atoms with Gasteiger partial charge in [-0.2, -0.15) is 0 Å². The maximum atomic E-state index is 12.0. The van der Waals surface area contributed by atoms with Gasteiger partial charge in [-0.3, -0.25) is 0 Å². The summed E-state index contributed by atoms with van der Waals surface area (Å²) < 4.78 is 27.0. The van der Waals surface area contributed by atoms with Crippen LogP contribution in [0, 0.1) is 0 Å². The summed E-state index contributed by atoms with van der Waals surface area (Å²) in [5.74, 6) is 2.04. The molecule has 0 unspecified atom stereocenters. The number of hydrogen-bond donors (Lipinski definition) is 0. The van der Waals surface area contributed by atoms with Crippen LogP contribution in [0.15, 0.2) is 53.1 Å². The highest BCUT2D eigenvalue weighted by molar-refractivity contribution is 5.71. The molecular weight excluding hydrogens is 374 g/mol. The van der Waals surface area contributed by atoms with Gasteiger partial charge in [-0.05, 0) is 42.8 Å². The Hall–Kier alpha value is -3.48. The molecule has 0 radical (unpaired) electrons. The molecule has 2 heterocycles. The third kappa shape index (κ3) is 4.34. The minimum absolute atomic E-state index is 0.00268. The molecule has 1 aliphatic rings. The van der Waals surface area contributed by atoms with Crippen LogP contribution in [-0.4, -0.2) is 30.9 Å². The van der Waals surface area contributed by atoms with E-state index in [9.17, 15) is 4.79 Å². The van der Waals surface area contributed by atoms with Crippen LogP contribution in [0.2, 0.25) is 0 Å². The predicted octanol–water partition coefficient (Wildman–Crippen LogP) is 3.80. The van der Waals surface area contributed by atoms with Crippen LogP contribution < -0.4 is 14.2 Å². The Kier molecular flexibility index (Phi) is 5.37. The highest BCUT2D eigenvalue weighted by Gasteiger charge is 2.20. The Labute approximate surface area is 168 Å². The Morgan fingerprint density at radius 1 is 1.17 bits per heavy atom. The molecule has 3 aromatic rings. The molecule has 29 heavy (non-hydrogen) atoms. The lowest BCUT2D eigenvalue weighted by Gasteiger charge is -2.09. The van der Waals surface area contributed by atoms with Crippen molar-refractivity contribution in [1.29, 1.82) is 0 Å². The van der Waals surface area contributed by atoms with Crippen LogP contribution in [0.3, 0.4) is 0 Å². The van der Waals surface area contributed by atoms with E-state index in [1.807, 2.05) is 31.2 Å². The van der Waals surface area contributed by atoms with E-state index >= 15 is 0 Å². The van der Waals surface area contributed by atoms with Gasteiger partial charge in [-0.1, -0.05) is 17.3 Å². The first-order chi connectivity index (χ1) is 14.1. The second-order valence-electron chi connectivity index (χ2n) is 6.74. The molecule has 0 bridgehead atoms. The molecule has 150 valence electrons. The van der Waals surface area contributed by atoms with Crippen LogP contribution in [-0.2, 0) is 22.6 Å². The van der Waals surface area contributed by atoms with Crippen molar-refractivity contribution in [3.8, 4) is 28.6 Å². The van der Waals surface area contributed by atoms with Crippen LogP contribution in [0.1, 0.15) is 18.2 Å². The van der Waals surface area contributed by atoms with Crippen LogP contribution in [0.5, 0.6) is 17.2 Å². The summed E-state index contributed by atoms with van der Waals surface area (Å²) in [6.07, 6.45) is 1.05. The third-order valence-corrected chi connectivity index (χ3v) is 4.54. The SMILES string of the molecule is COc1ccccc1OCC(=O)OCc1cc(-c2ccc3c(c2)C[C@@H](C)O3)on1. The summed E-state index contributed by atoms with van der Waals surface area (Å²) in [5.41, 5.74) is 2.58. The molecule has 0 amide bonds. The van der Waals surface area contributed by atoms with E-state index in [0.717, 1.165) is 23.3 Å². The molecule has 0 saturated heterocycles. The largest absolute Gasteiger partial charge is 0.493 e. The van der Waals surface area contributed by atoms with Crippen molar-refractivity contribution in [2.75, 3.05) is 13.7 Å². The summed E-state index contributed by atoms with van der Waals surface area (Å²) in [6, 6.07) is 14.7. The number of carbonyl (C=O) groups excluding carboxylic acids is 1. The number of hydrogen-bond acceptors (Lipinski definition) is 7. The smallest absolute Gasteiger partial charge is 0.344 e. The lowest BCUT2D eigenvalue weighted by Crippen LogP contribution is -2.15. The normalized spacial score (nSPS) is 14.8. The van der Waals surface area contributed by atoms with E-state index in [1.54, 1.807) is 24.3 Å². The van der Waals surface area contributed by atoms with Gasteiger partial charge in [0.2, 0.25) is 0 Å². The van der Waals surface area contributed by atoms with E-state index in [1.165, 1.54) is 7.11 Å². The zero-order valence-electron chi connectivity index (χ0n) is 16.2. The molecule has 0 fully saturated rings. The van der Waals surface area contributed by atoms with Gasteiger partial charge >= 0.3 is 5.97 Å². The maximum Gasteiger partial charge on any atom is 0.344 e. The van der Waals surface area contributed by atoms with Gasteiger partial charge < -0.3 is 23.5 Å². The first-order valence-corrected chi connectivity index (χ1v) is 9.29. The second kappa shape index (κ2) is 8.26. The first-order valence-electron chi connectivity index (χ1n) is 9.29. The number of benzene rings is 2. The molecule has 7 heteroatoms. The van der Waals surface area contributed by atoms with E-state index < -0.39 is 5.97 Å². The standard InChI is InChI=1S/C22H21NO6/c1-14-9-16-10-15(7-8-18(16)28-14)21-11-17(23-29-21)12-27-22(24)13-26-20-6-4-3-5-19(20)25-2/h3-8,10-11,14H,9,12-13H2,1-2H3/t14-/m1/s1. The van der Waals surface area contributed by atoms with Crippen molar-refractivity contribution in [3.63, 3.8) is 0 Å². The van der Waals surface area contributed by atoms with Crippen molar-refractivity contribution in [2.24, 2.45) is 0 Å². The number of nitrogens with zero attached hydrogens (tertiary/aromatic N) is 1. The molecule has 1 aromatic heterocycles.